The summed E-state index contributed by atoms with van der Waals surface area (Å²) in [5.74, 6) is 0. The van der Waals surface area contributed by atoms with E-state index in [4.69, 9.17) is 9.47 Å². The molecule has 0 atom stereocenters. The van der Waals surface area contributed by atoms with Crippen molar-refractivity contribution in [3.05, 3.63) is 117 Å². The van der Waals surface area contributed by atoms with Gasteiger partial charge in [0.25, 0.3) is 0 Å². The van der Waals surface area contributed by atoms with Gasteiger partial charge in [0, 0.05) is 0 Å². The number of hydrogen-bond donors (Lipinski definition) is 0. The highest BCUT2D eigenvalue weighted by atomic mass is 16.7. The smallest absolute Gasteiger partial charge is 0.430 e. The molecule has 2 rings (SSSR count). The molecule has 0 bridgehead atoms. The van der Waals surface area contributed by atoms with Gasteiger partial charge in [-0.2, -0.15) is 0 Å². The van der Waals surface area contributed by atoms with Crippen LogP contribution in [0.15, 0.2) is 117 Å². The van der Waals surface area contributed by atoms with Crippen molar-refractivity contribution in [1.29, 1.82) is 0 Å². The molecule has 0 fully saturated rings. The largest absolute Gasteiger partial charge is 0.508 e. The van der Waals surface area contributed by atoms with Crippen LogP contribution in [0.25, 0.3) is 0 Å². The van der Waals surface area contributed by atoms with Gasteiger partial charge in [-0.3, -0.25) is 0 Å². The third-order valence-electron chi connectivity index (χ3n) is 8.76. The number of hydrogen-bond acceptors (Lipinski definition) is 3. The zero-order valence-corrected chi connectivity index (χ0v) is 29.3. The van der Waals surface area contributed by atoms with Crippen molar-refractivity contribution in [2.24, 2.45) is 10.8 Å². The Balaban J connectivity index is 1.74. The molecule has 3 nitrogen and oxygen atoms in total. The van der Waals surface area contributed by atoms with Gasteiger partial charge in [0.2, 0.25) is 0 Å². The fraction of sp³-hybridized carbons (Fsp3) is 0.488. The predicted octanol–water partition coefficient (Wildman–Crippen LogP) is 12.2. The van der Waals surface area contributed by atoms with Crippen molar-refractivity contribution in [2.75, 3.05) is 13.2 Å². The second-order valence-electron chi connectivity index (χ2n) is 13.8. The Morgan fingerprint density at radius 3 is 1.39 bits per heavy atom. The maximum absolute atomic E-state index is 12.0. The van der Waals surface area contributed by atoms with Crippen molar-refractivity contribution in [1.82, 2.24) is 0 Å². The third-order valence-corrected chi connectivity index (χ3v) is 8.76. The highest BCUT2D eigenvalue weighted by Crippen LogP contribution is 2.41. The molecule has 0 unspecified atom stereocenters. The predicted molar refractivity (Wildman–Crippen MR) is 190 cm³/mol. The molecule has 0 heterocycles. The second kappa shape index (κ2) is 17.8. The van der Waals surface area contributed by atoms with E-state index >= 15 is 0 Å². The maximum Gasteiger partial charge on any atom is 0.508 e. The van der Waals surface area contributed by atoms with Crippen LogP contribution in [-0.2, 0) is 9.47 Å². The van der Waals surface area contributed by atoms with Gasteiger partial charge in [-0.15, -0.1) is 0 Å². The van der Waals surface area contributed by atoms with Gasteiger partial charge in [-0.25, -0.2) is 4.79 Å². The lowest BCUT2D eigenvalue weighted by Crippen LogP contribution is -2.19. The van der Waals surface area contributed by atoms with Crippen molar-refractivity contribution in [3.63, 3.8) is 0 Å². The standard InChI is InChI=1S/C41H58O3/c1-31(21-23-37-35(5)19-13-27-40(37,7)8)15-11-17-33(3)25-29-43-39(42)44-30-26-34(4)18-12-16-32(2)22-24-38-36(6)20-14-28-41(38,9)10/h11-12,15-18,21-26H,13-14,19-20,27-30H2,1-10H3/b17-11+,18-12+,23-21+,24-22+,31-15+,32-16+,33-25+,34-26+. The van der Waals surface area contributed by atoms with E-state index in [-0.39, 0.29) is 24.0 Å². The van der Waals surface area contributed by atoms with Gasteiger partial charge >= 0.3 is 6.16 Å². The van der Waals surface area contributed by atoms with E-state index in [0.717, 1.165) is 11.1 Å². The maximum atomic E-state index is 12.0. The Morgan fingerprint density at radius 1 is 0.636 bits per heavy atom. The van der Waals surface area contributed by atoms with Crippen molar-refractivity contribution >= 4 is 6.16 Å². The number of carbonyl (C=O) groups is 1. The Labute approximate surface area is 269 Å². The average Bonchev–Trinajstić information content (AvgIpc) is 2.91. The Bertz CT molecular complexity index is 1210. The first-order valence-corrected chi connectivity index (χ1v) is 16.3. The molecular formula is C41H58O3. The highest BCUT2D eigenvalue weighted by molar-refractivity contribution is 5.60. The van der Waals surface area contributed by atoms with Gasteiger partial charge in [-0.1, -0.05) is 122 Å². The van der Waals surface area contributed by atoms with Crippen LogP contribution in [-0.4, -0.2) is 19.4 Å². The van der Waals surface area contributed by atoms with Gasteiger partial charge < -0.3 is 9.47 Å². The molecule has 0 aromatic heterocycles. The zero-order valence-electron chi connectivity index (χ0n) is 29.3. The minimum absolute atomic E-state index is 0.175. The van der Waals surface area contributed by atoms with Crippen LogP contribution in [0.4, 0.5) is 4.79 Å². The molecule has 240 valence electrons. The highest BCUT2D eigenvalue weighted by Gasteiger charge is 2.27. The molecule has 0 aromatic rings. The molecule has 0 spiro atoms. The number of carbonyl (C=O) groups excluding carboxylic acids is 1. The molecule has 0 N–H and O–H groups in total. The molecule has 0 saturated carbocycles. The first-order valence-electron chi connectivity index (χ1n) is 16.3. The fourth-order valence-corrected chi connectivity index (χ4v) is 5.92. The monoisotopic (exact) mass is 598 g/mol. The number of ether oxygens (including phenoxy) is 2. The number of rotatable bonds is 12. The van der Waals surface area contributed by atoms with Crippen LogP contribution < -0.4 is 0 Å². The molecule has 0 amide bonds. The lowest BCUT2D eigenvalue weighted by molar-refractivity contribution is 0.0716. The summed E-state index contributed by atoms with van der Waals surface area (Å²) in [5.41, 5.74) is 10.9. The molecule has 0 saturated heterocycles. The Morgan fingerprint density at radius 2 is 1.02 bits per heavy atom. The molecule has 0 aliphatic heterocycles. The third kappa shape index (κ3) is 13.1. The molecule has 44 heavy (non-hydrogen) atoms. The van der Waals surface area contributed by atoms with E-state index in [2.05, 4.69) is 91.8 Å². The zero-order chi connectivity index (χ0) is 32.8. The molecule has 2 aliphatic carbocycles. The van der Waals surface area contributed by atoms with Gasteiger partial charge in [0.1, 0.15) is 13.2 Å². The van der Waals surface area contributed by atoms with E-state index in [1.54, 1.807) is 0 Å². The topological polar surface area (TPSA) is 35.5 Å². The van der Waals surface area contributed by atoms with E-state index in [9.17, 15) is 4.79 Å². The molecule has 0 aromatic carbocycles. The number of allylic oxidation sites excluding steroid dienone is 18. The van der Waals surface area contributed by atoms with Gasteiger partial charge in [-0.05, 0) is 114 Å². The second-order valence-corrected chi connectivity index (χ2v) is 13.8. The first-order chi connectivity index (χ1) is 20.7. The Kier molecular flexibility index (Phi) is 14.9. The SMILES string of the molecule is CC1=C(/C=C/C(C)=C/C=C/C(C)=C/COC(=O)OC/C=C(C)/C=C/C=C(C)/C=C/C2=C(C)CCCC2(C)C)C(C)(C)CCC1. The Hall–Kier alpha value is -3.33. The van der Waals surface area contributed by atoms with E-state index in [1.165, 1.54) is 72.0 Å². The normalized spacial score (nSPS) is 20.6. The molecular weight excluding hydrogens is 540 g/mol. The van der Waals surface area contributed by atoms with Crippen LogP contribution in [0.1, 0.15) is 108 Å². The molecule has 2 aliphatic rings. The van der Waals surface area contributed by atoms with Crippen molar-refractivity contribution in [2.45, 2.75) is 108 Å². The summed E-state index contributed by atoms with van der Waals surface area (Å²) in [6, 6.07) is 0. The minimum Gasteiger partial charge on any atom is -0.430 e. The summed E-state index contributed by atoms with van der Waals surface area (Å²) in [6.07, 6.45) is 31.8. The van der Waals surface area contributed by atoms with Crippen LogP contribution in [0.2, 0.25) is 0 Å². The molecule has 0 radical (unpaired) electrons. The van der Waals surface area contributed by atoms with Crippen molar-refractivity contribution in [3.8, 4) is 0 Å². The van der Waals surface area contributed by atoms with Crippen molar-refractivity contribution < 1.29 is 14.3 Å². The lowest BCUT2D eigenvalue weighted by atomic mass is 9.72. The first kappa shape index (κ1) is 36.9. The lowest BCUT2D eigenvalue weighted by Gasteiger charge is -2.33. The minimum atomic E-state index is -0.668. The quantitative estimate of drug-likeness (QED) is 0.166. The summed E-state index contributed by atoms with van der Waals surface area (Å²) in [6.45, 7) is 22.4. The summed E-state index contributed by atoms with van der Waals surface area (Å²) in [5, 5.41) is 0. The van der Waals surface area contributed by atoms with E-state index in [1.807, 2.05) is 50.3 Å². The van der Waals surface area contributed by atoms with E-state index in [0.29, 0.717) is 0 Å². The van der Waals surface area contributed by atoms with Crippen LogP contribution in [0.5, 0.6) is 0 Å². The van der Waals surface area contributed by atoms with E-state index < -0.39 is 6.16 Å². The van der Waals surface area contributed by atoms with Crippen LogP contribution >= 0.6 is 0 Å². The molecule has 3 heteroatoms. The van der Waals surface area contributed by atoms with Crippen LogP contribution in [0, 0.1) is 10.8 Å². The summed E-state index contributed by atoms with van der Waals surface area (Å²) >= 11 is 0. The van der Waals surface area contributed by atoms with Gasteiger partial charge in [0.15, 0.2) is 0 Å². The summed E-state index contributed by atoms with van der Waals surface area (Å²) in [4.78, 5) is 12.0. The summed E-state index contributed by atoms with van der Waals surface area (Å²) in [7, 11) is 0. The summed E-state index contributed by atoms with van der Waals surface area (Å²) < 4.78 is 10.4. The van der Waals surface area contributed by atoms with Gasteiger partial charge in [0.05, 0.1) is 0 Å². The fourth-order valence-electron chi connectivity index (χ4n) is 5.92. The van der Waals surface area contributed by atoms with Crippen LogP contribution in [0.3, 0.4) is 0 Å². The average molecular weight is 599 g/mol.